The number of carbonyl (C=O) groups is 3. The Morgan fingerprint density at radius 1 is 0.963 bits per heavy atom. The summed E-state index contributed by atoms with van der Waals surface area (Å²) in [4.78, 5) is 34.2. The Labute approximate surface area is 157 Å². The van der Waals surface area contributed by atoms with Crippen molar-refractivity contribution in [2.45, 2.75) is 51.8 Å². The minimum Gasteiger partial charge on any atom is -0.463 e. The van der Waals surface area contributed by atoms with Crippen LogP contribution in [0.25, 0.3) is 0 Å². The number of rotatable bonds is 7. The van der Waals surface area contributed by atoms with Gasteiger partial charge in [-0.25, -0.2) is 0 Å². The normalized spacial score (nSPS) is 24.7. The van der Waals surface area contributed by atoms with E-state index in [1.807, 2.05) is 30.3 Å². The van der Waals surface area contributed by atoms with Gasteiger partial charge < -0.3 is 23.7 Å². The van der Waals surface area contributed by atoms with Crippen molar-refractivity contribution in [1.29, 1.82) is 0 Å². The fraction of sp³-hybridized carbons (Fsp3) is 0.526. The minimum absolute atomic E-state index is 0.0305. The summed E-state index contributed by atoms with van der Waals surface area (Å²) >= 11 is 0. The van der Waals surface area contributed by atoms with Crippen LogP contribution in [0, 0.1) is 0 Å². The molecule has 0 amide bonds. The second-order valence-corrected chi connectivity index (χ2v) is 6.16. The Balaban J connectivity index is 2.19. The lowest BCUT2D eigenvalue weighted by Crippen LogP contribution is -2.58. The average molecular weight is 380 g/mol. The molecule has 8 heteroatoms. The predicted molar refractivity (Wildman–Crippen MR) is 92.5 cm³/mol. The molecule has 1 heterocycles. The molecule has 27 heavy (non-hydrogen) atoms. The van der Waals surface area contributed by atoms with E-state index in [1.54, 1.807) is 0 Å². The summed E-state index contributed by atoms with van der Waals surface area (Å²) in [6, 6.07) is 9.41. The molecule has 0 spiro atoms. The zero-order chi connectivity index (χ0) is 19.8. The second-order valence-electron chi connectivity index (χ2n) is 6.16. The maximum atomic E-state index is 11.6. The van der Waals surface area contributed by atoms with E-state index in [2.05, 4.69) is 0 Å². The second kappa shape index (κ2) is 10.0. The van der Waals surface area contributed by atoms with E-state index in [0.717, 1.165) is 5.56 Å². The first-order valence-corrected chi connectivity index (χ1v) is 8.61. The predicted octanol–water partition coefficient (Wildman–Crippen LogP) is 1.40. The monoisotopic (exact) mass is 380 g/mol. The van der Waals surface area contributed by atoms with E-state index in [4.69, 9.17) is 23.7 Å². The minimum atomic E-state index is -0.899. The Morgan fingerprint density at radius 3 is 2.22 bits per heavy atom. The largest absolute Gasteiger partial charge is 0.463 e. The van der Waals surface area contributed by atoms with Gasteiger partial charge in [0.25, 0.3) is 0 Å². The van der Waals surface area contributed by atoms with Gasteiger partial charge in [0, 0.05) is 20.8 Å². The van der Waals surface area contributed by atoms with Gasteiger partial charge in [0.2, 0.25) is 0 Å². The van der Waals surface area contributed by atoms with E-state index in [1.165, 1.54) is 20.8 Å². The molecule has 0 N–H and O–H groups in total. The molecule has 4 atom stereocenters. The molecule has 148 valence electrons. The van der Waals surface area contributed by atoms with Crippen molar-refractivity contribution in [3.8, 4) is 0 Å². The van der Waals surface area contributed by atoms with E-state index < -0.39 is 42.3 Å². The molecule has 0 unspecified atom stereocenters. The summed E-state index contributed by atoms with van der Waals surface area (Å²) in [7, 11) is 0. The molecule has 2 rings (SSSR count). The number of hydrogen-bond donors (Lipinski definition) is 0. The molecule has 1 aliphatic rings. The lowest BCUT2D eigenvalue weighted by molar-refractivity contribution is -0.234. The van der Waals surface area contributed by atoms with Crippen LogP contribution in [-0.2, 0) is 44.7 Å². The summed E-state index contributed by atoms with van der Waals surface area (Å²) in [5.41, 5.74) is 0.906. The SMILES string of the molecule is CC(=O)OC[C@H]1OC[C@@H](OC(C)=O)[C@H](OCc2ccccc2)[C@@H]1OC(C)=O. The molecule has 0 radical (unpaired) electrons. The van der Waals surface area contributed by atoms with Crippen molar-refractivity contribution >= 4 is 17.9 Å². The third-order valence-electron chi connectivity index (χ3n) is 3.89. The number of benzene rings is 1. The van der Waals surface area contributed by atoms with E-state index in [0.29, 0.717) is 0 Å². The van der Waals surface area contributed by atoms with E-state index >= 15 is 0 Å². The third kappa shape index (κ3) is 6.65. The summed E-state index contributed by atoms with van der Waals surface area (Å²) in [5, 5.41) is 0. The van der Waals surface area contributed by atoms with Gasteiger partial charge in [-0.2, -0.15) is 0 Å². The van der Waals surface area contributed by atoms with Crippen LogP contribution in [0.15, 0.2) is 30.3 Å². The van der Waals surface area contributed by atoms with Gasteiger partial charge >= 0.3 is 17.9 Å². The number of esters is 3. The van der Waals surface area contributed by atoms with Crippen LogP contribution in [0.2, 0.25) is 0 Å². The van der Waals surface area contributed by atoms with E-state index in [-0.39, 0.29) is 19.8 Å². The van der Waals surface area contributed by atoms with Crippen LogP contribution in [-0.4, -0.2) is 55.5 Å². The van der Waals surface area contributed by atoms with Gasteiger partial charge in [0.05, 0.1) is 13.2 Å². The fourth-order valence-corrected chi connectivity index (χ4v) is 2.79. The molecule has 0 bridgehead atoms. The van der Waals surface area contributed by atoms with Crippen molar-refractivity contribution in [2.24, 2.45) is 0 Å². The lowest BCUT2D eigenvalue weighted by Gasteiger charge is -2.40. The fourth-order valence-electron chi connectivity index (χ4n) is 2.79. The Kier molecular flexibility index (Phi) is 7.75. The third-order valence-corrected chi connectivity index (χ3v) is 3.89. The van der Waals surface area contributed by atoms with Crippen LogP contribution in [0.3, 0.4) is 0 Å². The molecule has 0 saturated carbocycles. The van der Waals surface area contributed by atoms with Gasteiger partial charge in [0.1, 0.15) is 18.8 Å². The standard InChI is InChI=1S/C19H24O8/c1-12(20)23-10-16-19(27-14(3)22)18(17(11-24-16)26-13(2)21)25-9-15-7-5-4-6-8-15/h4-8,16-19H,9-11H2,1-3H3/t16-,17-,18+,19-/m1/s1. The highest BCUT2D eigenvalue weighted by Crippen LogP contribution is 2.25. The van der Waals surface area contributed by atoms with Crippen LogP contribution in [0.4, 0.5) is 0 Å². The van der Waals surface area contributed by atoms with Gasteiger partial charge in [-0.05, 0) is 5.56 Å². The first-order valence-electron chi connectivity index (χ1n) is 8.61. The van der Waals surface area contributed by atoms with Gasteiger partial charge in [-0.1, -0.05) is 30.3 Å². The highest BCUT2D eigenvalue weighted by atomic mass is 16.6. The summed E-state index contributed by atoms with van der Waals surface area (Å²) < 4.78 is 27.3. The molecule has 1 aromatic rings. The quantitative estimate of drug-likeness (QED) is 0.517. The van der Waals surface area contributed by atoms with Crippen LogP contribution in [0.5, 0.6) is 0 Å². The van der Waals surface area contributed by atoms with Gasteiger partial charge in [-0.15, -0.1) is 0 Å². The Morgan fingerprint density at radius 2 is 1.63 bits per heavy atom. The average Bonchev–Trinajstić information content (AvgIpc) is 2.60. The molecule has 1 aliphatic heterocycles. The number of ether oxygens (including phenoxy) is 5. The van der Waals surface area contributed by atoms with Gasteiger partial charge in [0.15, 0.2) is 12.2 Å². The molecule has 0 aliphatic carbocycles. The van der Waals surface area contributed by atoms with Crippen molar-refractivity contribution < 1.29 is 38.1 Å². The van der Waals surface area contributed by atoms with Crippen LogP contribution < -0.4 is 0 Å². The molecule has 1 aromatic carbocycles. The zero-order valence-corrected chi connectivity index (χ0v) is 15.6. The number of carbonyl (C=O) groups excluding carboxylic acids is 3. The summed E-state index contributed by atoms with van der Waals surface area (Å²) in [6.07, 6.45) is -3.16. The zero-order valence-electron chi connectivity index (χ0n) is 15.6. The molecular weight excluding hydrogens is 356 g/mol. The van der Waals surface area contributed by atoms with E-state index in [9.17, 15) is 14.4 Å². The molecular formula is C19H24O8. The van der Waals surface area contributed by atoms with Crippen LogP contribution in [0.1, 0.15) is 26.3 Å². The highest BCUT2D eigenvalue weighted by molar-refractivity contribution is 5.67. The highest BCUT2D eigenvalue weighted by Gasteiger charge is 2.45. The molecule has 0 aromatic heterocycles. The molecule has 1 fully saturated rings. The van der Waals surface area contributed by atoms with Crippen molar-refractivity contribution in [3.05, 3.63) is 35.9 Å². The maximum Gasteiger partial charge on any atom is 0.303 e. The maximum absolute atomic E-state index is 11.6. The molecule has 1 saturated heterocycles. The summed E-state index contributed by atoms with van der Waals surface area (Å²) in [5.74, 6) is -1.53. The molecule has 8 nitrogen and oxygen atoms in total. The van der Waals surface area contributed by atoms with Crippen molar-refractivity contribution in [1.82, 2.24) is 0 Å². The first kappa shape index (κ1) is 20.9. The Bertz CT molecular complexity index is 644. The number of hydrogen-bond acceptors (Lipinski definition) is 8. The van der Waals surface area contributed by atoms with Crippen LogP contribution >= 0.6 is 0 Å². The van der Waals surface area contributed by atoms with Gasteiger partial charge in [-0.3, -0.25) is 14.4 Å². The van der Waals surface area contributed by atoms with Crippen molar-refractivity contribution in [2.75, 3.05) is 13.2 Å². The van der Waals surface area contributed by atoms with Crippen molar-refractivity contribution in [3.63, 3.8) is 0 Å². The first-order chi connectivity index (χ1) is 12.9. The topological polar surface area (TPSA) is 97.4 Å². The smallest absolute Gasteiger partial charge is 0.303 e. The summed E-state index contributed by atoms with van der Waals surface area (Å²) in [6.45, 7) is 3.96. The lowest BCUT2D eigenvalue weighted by atomic mass is 9.99. The Hall–Kier alpha value is -2.45.